The highest BCUT2D eigenvalue weighted by Gasteiger charge is 2.24. The van der Waals surface area contributed by atoms with Gasteiger partial charge in [-0.1, -0.05) is 13.8 Å². The molecule has 0 spiro atoms. The van der Waals surface area contributed by atoms with Crippen LogP contribution in [0.15, 0.2) is 0 Å². The molecule has 0 saturated carbocycles. The van der Waals surface area contributed by atoms with E-state index in [1.807, 2.05) is 0 Å². The zero-order chi connectivity index (χ0) is 8.43. The van der Waals surface area contributed by atoms with E-state index in [4.69, 9.17) is 0 Å². The average molecular weight is 156 g/mol. The van der Waals surface area contributed by atoms with Gasteiger partial charge in [0, 0.05) is 18.6 Å². The molecule has 0 aliphatic carbocycles. The van der Waals surface area contributed by atoms with Crippen LogP contribution in [0, 0.1) is 5.92 Å². The van der Waals surface area contributed by atoms with E-state index in [0.717, 1.165) is 5.92 Å². The number of nitrogens with one attached hydrogen (secondary N) is 1. The van der Waals surface area contributed by atoms with Gasteiger partial charge in [0.15, 0.2) is 0 Å². The second-order valence-electron chi connectivity index (χ2n) is 4.06. The van der Waals surface area contributed by atoms with Gasteiger partial charge in [0.2, 0.25) is 0 Å². The Balaban J connectivity index is 2.35. The molecule has 1 rings (SSSR count). The second-order valence-corrected chi connectivity index (χ2v) is 4.06. The van der Waals surface area contributed by atoms with Crippen molar-refractivity contribution in [3.05, 3.63) is 0 Å². The van der Waals surface area contributed by atoms with Gasteiger partial charge < -0.3 is 0 Å². The number of hydrogen-bond acceptors (Lipinski definition) is 2. The Kier molecular flexibility index (Phi) is 2.90. The van der Waals surface area contributed by atoms with Gasteiger partial charge in [-0.15, -0.1) is 0 Å². The lowest BCUT2D eigenvalue weighted by molar-refractivity contribution is 0.176. The van der Waals surface area contributed by atoms with E-state index in [9.17, 15) is 0 Å². The Morgan fingerprint density at radius 2 is 1.91 bits per heavy atom. The third-order valence-electron chi connectivity index (χ3n) is 2.44. The highest BCUT2D eigenvalue weighted by Crippen LogP contribution is 2.15. The zero-order valence-corrected chi connectivity index (χ0v) is 8.09. The lowest BCUT2D eigenvalue weighted by atomic mass is 10.0. The van der Waals surface area contributed by atoms with Crippen LogP contribution in [0.5, 0.6) is 0 Å². The molecule has 66 valence electrons. The second kappa shape index (κ2) is 3.55. The monoisotopic (exact) mass is 156 g/mol. The first kappa shape index (κ1) is 9.01. The molecule has 0 bridgehead atoms. The van der Waals surface area contributed by atoms with E-state index in [1.165, 1.54) is 13.0 Å². The quantitative estimate of drug-likeness (QED) is 0.653. The minimum absolute atomic E-state index is 0.638. The predicted molar refractivity (Wildman–Crippen MR) is 48.2 cm³/mol. The van der Waals surface area contributed by atoms with Crippen molar-refractivity contribution >= 4 is 0 Å². The fourth-order valence-corrected chi connectivity index (χ4v) is 1.51. The van der Waals surface area contributed by atoms with Gasteiger partial charge in [-0.2, -0.15) is 0 Å². The lowest BCUT2D eigenvalue weighted by Crippen LogP contribution is -2.41. The van der Waals surface area contributed by atoms with E-state index < -0.39 is 0 Å². The van der Waals surface area contributed by atoms with Crippen molar-refractivity contribution in [1.29, 1.82) is 0 Å². The molecule has 11 heavy (non-hydrogen) atoms. The van der Waals surface area contributed by atoms with Gasteiger partial charge in [-0.3, -0.25) is 5.43 Å². The highest BCUT2D eigenvalue weighted by atomic mass is 15.5. The molecule has 2 heteroatoms. The van der Waals surface area contributed by atoms with Gasteiger partial charge in [0.05, 0.1) is 0 Å². The summed E-state index contributed by atoms with van der Waals surface area (Å²) in [5.41, 5.74) is 3.52. The van der Waals surface area contributed by atoms with Crippen LogP contribution < -0.4 is 5.43 Å². The van der Waals surface area contributed by atoms with Gasteiger partial charge in [0.1, 0.15) is 0 Å². The molecular weight excluding hydrogens is 136 g/mol. The molecule has 1 aliphatic rings. The summed E-state index contributed by atoms with van der Waals surface area (Å²) in [6.45, 7) is 10.2. The van der Waals surface area contributed by atoms with E-state index >= 15 is 0 Å². The van der Waals surface area contributed by atoms with E-state index in [-0.39, 0.29) is 0 Å². The van der Waals surface area contributed by atoms with Crippen LogP contribution in [0.3, 0.4) is 0 Å². The largest absolute Gasteiger partial charge is 0.252 e. The summed E-state index contributed by atoms with van der Waals surface area (Å²) in [6.07, 6.45) is 1.30. The van der Waals surface area contributed by atoms with Crippen molar-refractivity contribution in [3.63, 3.8) is 0 Å². The van der Waals surface area contributed by atoms with Crippen molar-refractivity contribution < 1.29 is 0 Å². The molecule has 0 aromatic rings. The Labute approximate surface area is 69.9 Å². The summed E-state index contributed by atoms with van der Waals surface area (Å²) in [5.74, 6) is 0.763. The van der Waals surface area contributed by atoms with Crippen LogP contribution in [0.25, 0.3) is 0 Å². The van der Waals surface area contributed by atoms with Crippen LogP contribution in [0.2, 0.25) is 0 Å². The van der Waals surface area contributed by atoms with Crippen LogP contribution in [0.4, 0.5) is 0 Å². The fourth-order valence-electron chi connectivity index (χ4n) is 1.51. The molecule has 2 nitrogen and oxygen atoms in total. The molecule has 1 unspecified atom stereocenters. The SMILES string of the molecule is CC(C)C1CCN(C(C)C)N1. The molecule has 1 fully saturated rings. The number of nitrogens with zero attached hydrogens (tertiary/aromatic N) is 1. The fraction of sp³-hybridized carbons (Fsp3) is 1.00. The maximum absolute atomic E-state index is 3.52. The van der Waals surface area contributed by atoms with Crippen molar-refractivity contribution in [2.45, 2.75) is 46.2 Å². The molecule has 0 radical (unpaired) electrons. The first-order chi connectivity index (χ1) is 5.11. The molecule has 1 aliphatic heterocycles. The molecule has 0 amide bonds. The molecule has 1 heterocycles. The summed E-state index contributed by atoms with van der Waals surface area (Å²) in [5, 5.41) is 2.34. The van der Waals surface area contributed by atoms with E-state index in [0.29, 0.717) is 12.1 Å². The molecule has 1 N–H and O–H groups in total. The molecule has 1 saturated heterocycles. The number of hydrazine groups is 1. The van der Waals surface area contributed by atoms with E-state index in [2.05, 4.69) is 38.1 Å². The Hall–Kier alpha value is -0.0800. The van der Waals surface area contributed by atoms with Crippen LogP contribution >= 0.6 is 0 Å². The summed E-state index contributed by atoms with van der Waals surface area (Å²) in [7, 11) is 0. The van der Waals surface area contributed by atoms with Gasteiger partial charge in [0.25, 0.3) is 0 Å². The van der Waals surface area contributed by atoms with Gasteiger partial charge in [-0.25, -0.2) is 5.01 Å². The van der Waals surface area contributed by atoms with Crippen LogP contribution in [-0.4, -0.2) is 23.6 Å². The maximum atomic E-state index is 3.52. The van der Waals surface area contributed by atoms with Gasteiger partial charge >= 0.3 is 0 Å². The lowest BCUT2D eigenvalue weighted by Gasteiger charge is -2.22. The Morgan fingerprint density at radius 1 is 1.27 bits per heavy atom. The number of rotatable bonds is 2. The number of hydrogen-bond donors (Lipinski definition) is 1. The van der Waals surface area contributed by atoms with Crippen LogP contribution in [-0.2, 0) is 0 Å². The van der Waals surface area contributed by atoms with Crippen molar-refractivity contribution in [3.8, 4) is 0 Å². The summed E-state index contributed by atoms with van der Waals surface area (Å²) < 4.78 is 0. The Morgan fingerprint density at radius 3 is 2.18 bits per heavy atom. The molecule has 0 aromatic heterocycles. The Bertz CT molecular complexity index is 107. The van der Waals surface area contributed by atoms with Crippen molar-refractivity contribution in [2.75, 3.05) is 6.54 Å². The minimum atomic E-state index is 0.638. The topological polar surface area (TPSA) is 15.3 Å². The van der Waals surface area contributed by atoms with Crippen molar-refractivity contribution in [2.24, 2.45) is 5.92 Å². The first-order valence-electron chi connectivity index (χ1n) is 4.64. The predicted octanol–water partition coefficient (Wildman–Crippen LogP) is 1.63. The van der Waals surface area contributed by atoms with Crippen molar-refractivity contribution in [1.82, 2.24) is 10.4 Å². The van der Waals surface area contributed by atoms with Crippen LogP contribution in [0.1, 0.15) is 34.1 Å². The highest BCUT2D eigenvalue weighted by molar-refractivity contribution is 4.78. The summed E-state index contributed by atoms with van der Waals surface area (Å²) in [6, 6.07) is 1.34. The molecule has 1 atom stereocenters. The first-order valence-corrected chi connectivity index (χ1v) is 4.64. The molecular formula is C9H20N2. The van der Waals surface area contributed by atoms with Gasteiger partial charge in [-0.05, 0) is 26.2 Å². The van der Waals surface area contributed by atoms with E-state index in [1.54, 1.807) is 0 Å². The third-order valence-corrected chi connectivity index (χ3v) is 2.44. The standard InChI is InChI=1S/C9H20N2/c1-7(2)9-5-6-11(10-9)8(3)4/h7-10H,5-6H2,1-4H3. The normalized spacial score (nSPS) is 27.3. The third kappa shape index (κ3) is 2.17. The minimum Gasteiger partial charge on any atom is -0.252 e. The summed E-state index contributed by atoms with van der Waals surface area (Å²) in [4.78, 5) is 0. The zero-order valence-electron chi connectivity index (χ0n) is 8.09. The average Bonchev–Trinajstić information content (AvgIpc) is 2.33. The molecule has 0 aromatic carbocycles. The maximum Gasteiger partial charge on any atom is 0.0251 e. The summed E-state index contributed by atoms with van der Waals surface area (Å²) >= 11 is 0. The smallest absolute Gasteiger partial charge is 0.0251 e.